The maximum Gasteiger partial charge on any atom is 0.424 e. The van der Waals surface area contributed by atoms with Gasteiger partial charge in [-0.15, -0.1) is 0 Å². The van der Waals surface area contributed by atoms with Gasteiger partial charge in [0.1, 0.15) is 22.7 Å². The molecule has 42 heavy (non-hydrogen) atoms. The van der Waals surface area contributed by atoms with Crippen LogP contribution in [-0.2, 0) is 11.8 Å². The number of pyridine rings is 2. The minimum absolute atomic E-state index is 0.0359. The van der Waals surface area contributed by atoms with Gasteiger partial charge in [-0.1, -0.05) is 25.1 Å². The van der Waals surface area contributed by atoms with Gasteiger partial charge in [-0.2, -0.15) is 26.3 Å². The Morgan fingerprint density at radius 2 is 1.81 bits per heavy atom. The summed E-state index contributed by atoms with van der Waals surface area (Å²) in [6.45, 7) is 0.465. The summed E-state index contributed by atoms with van der Waals surface area (Å²) in [5.41, 5.74) is -4.88. The van der Waals surface area contributed by atoms with Gasteiger partial charge in [0.25, 0.3) is 5.91 Å². The molecule has 1 amide bonds. The average molecular weight is 592 g/mol. The Morgan fingerprint density at radius 3 is 2.45 bits per heavy atom. The van der Waals surface area contributed by atoms with Crippen LogP contribution < -0.4 is 14.8 Å². The molecule has 2 N–H and O–H groups in total. The van der Waals surface area contributed by atoms with Gasteiger partial charge in [0.2, 0.25) is 5.60 Å². The van der Waals surface area contributed by atoms with Crippen molar-refractivity contribution >= 4 is 16.8 Å². The Morgan fingerprint density at radius 1 is 1.10 bits per heavy atom. The molecule has 4 aromatic rings. The number of aromatic nitrogens is 2. The molecule has 3 heterocycles. The molecule has 0 bridgehead atoms. The number of alkyl halides is 6. The van der Waals surface area contributed by atoms with Gasteiger partial charge in [0.05, 0.1) is 31.5 Å². The van der Waals surface area contributed by atoms with E-state index in [4.69, 9.17) is 9.47 Å². The molecule has 0 fully saturated rings. The van der Waals surface area contributed by atoms with Crippen LogP contribution in [0.5, 0.6) is 11.5 Å². The van der Waals surface area contributed by atoms with E-state index in [1.165, 1.54) is 25.4 Å². The summed E-state index contributed by atoms with van der Waals surface area (Å²) in [7, 11) is 1.35. The van der Waals surface area contributed by atoms with E-state index in [-0.39, 0.29) is 40.5 Å². The summed E-state index contributed by atoms with van der Waals surface area (Å²) >= 11 is 0. The summed E-state index contributed by atoms with van der Waals surface area (Å²) in [6.07, 6.45) is -8.42. The average Bonchev–Trinajstić information content (AvgIpc) is 3.34. The second kappa shape index (κ2) is 10.5. The number of methoxy groups -OCH3 is 1. The predicted octanol–water partition coefficient (Wildman–Crippen LogP) is 6.00. The first-order valence-electron chi connectivity index (χ1n) is 12.6. The highest BCUT2D eigenvalue weighted by Crippen LogP contribution is 2.46. The van der Waals surface area contributed by atoms with Crippen LogP contribution in [0.3, 0.4) is 0 Å². The zero-order chi connectivity index (χ0) is 30.4. The molecule has 1 aliphatic rings. The number of ether oxygens (including phenoxy) is 2. The van der Waals surface area contributed by atoms with Gasteiger partial charge in [0.15, 0.2) is 0 Å². The standard InChI is InChI=1S/C29H23F6N3O4/c1-15-13-42-25-20(15)12-22(38-24(25)16-5-7-19(8-6-16)28(30,31)32)27(40,29(33,34)35)14-37-26(39)18-10-17-4-3-9-36-23(17)21(11-18)41-2/h3-12,15,40H,13-14H2,1-2H3,(H,37,39)/t15?,27-/m0/s1. The van der Waals surface area contributed by atoms with Crippen molar-refractivity contribution in [3.8, 4) is 22.8 Å². The van der Waals surface area contributed by atoms with Crippen LogP contribution in [0.2, 0.25) is 0 Å². The second-order valence-corrected chi connectivity index (χ2v) is 9.86. The zero-order valence-electron chi connectivity index (χ0n) is 22.1. The molecule has 0 saturated heterocycles. The highest BCUT2D eigenvalue weighted by atomic mass is 19.4. The van der Waals surface area contributed by atoms with E-state index in [9.17, 15) is 36.2 Å². The minimum Gasteiger partial charge on any atom is -0.494 e. The highest BCUT2D eigenvalue weighted by Gasteiger charge is 2.57. The topological polar surface area (TPSA) is 93.6 Å². The fourth-order valence-corrected chi connectivity index (χ4v) is 4.69. The molecule has 1 unspecified atom stereocenters. The van der Waals surface area contributed by atoms with Gasteiger partial charge in [-0.05, 0) is 36.4 Å². The van der Waals surface area contributed by atoms with Gasteiger partial charge in [-0.25, -0.2) is 4.98 Å². The summed E-state index contributed by atoms with van der Waals surface area (Å²) in [4.78, 5) is 21.2. The number of hydrogen-bond acceptors (Lipinski definition) is 6. The van der Waals surface area contributed by atoms with Gasteiger partial charge >= 0.3 is 12.4 Å². The number of halogens is 6. The number of carbonyl (C=O) groups excluding carboxylic acids is 1. The molecular formula is C29H23F6N3O4. The zero-order valence-corrected chi connectivity index (χ0v) is 22.1. The maximum atomic E-state index is 14.5. The van der Waals surface area contributed by atoms with Crippen LogP contribution in [-0.4, -0.2) is 47.4 Å². The Kier molecular flexibility index (Phi) is 7.25. The molecule has 2 aromatic carbocycles. The SMILES string of the molecule is COc1cc(C(=O)NC[C@](O)(c2cc3c(c(-c4ccc(C(F)(F)F)cc4)n2)OCC3C)C(F)(F)F)cc2cccnc12. The highest BCUT2D eigenvalue weighted by molar-refractivity contribution is 5.99. The number of benzene rings is 2. The van der Waals surface area contributed by atoms with E-state index >= 15 is 0 Å². The van der Waals surface area contributed by atoms with E-state index < -0.39 is 47.6 Å². The number of fused-ring (bicyclic) bond motifs is 2. The molecule has 2 atom stereocenters. The third-order valence-electron chi connectivity index (χ3n) is 7.05. The molecule has 7 nitrogen and oxygen atoms in total. The van der Waals surface area contributed by atoms with Crippen molar-refractivity contribution in [2.75, 3.05) is 20.3 Å². The van der Waals surface area contributed by atoms with Crippen LogP contribution in [0.4, 0.5) is 26.3 Å². The lowest BCUT2D eigenvalue weighted by Gasteiger charge is -2.31. The summed E-state index contributed by atoms with van der Waals surface area (Å²) in [5.74, 6) is -1.00. The molecule has 0 spiro atoms. The number of hydrogen-bond donors (Lipinski definition) is 2. The number of carbonyl (C=O) groups is 1. The lowest BCUT2D eigenvalue weighted by atomic mass is 9.92. The fourth-order valence-electron chi connectivity index (χ4n) is 4.69. The van der Waals surface area contributed by atoms with Crippen LogP contribution >= 0.6 is 0 Å². The molecule has 2 aromatic heterocycles. The van der Waals surface area contributed by atoms with Crippen LogP contribution in [0.15, 0.2) is 60.8 Å². The van der Waals surface area contributed by atoms with E-state index in [1.807, 2.05) is 0 Å². The lowest BCUT2D eigenvalue weighted by molar-refractivity contribution is -0.265. The number of nitrogens with one attached hydrogen (secondary N) is 1. The first-order valence-corrected chi connectivity index (χ1v) is 12.6. The summed E-state index contributed by atoms with van der Waals surface area (Å²) in [5, 5.41) is 13.7. The van der Waals surface area contributed by atoms with Crippen molar-refractivity contribution in [1.29, 1.82) is 0 Å². The minimum atomic E-state index is -5.31. The lowest BCUT2D eigenvalue weighted by Crippen LogP contribution is -2.51. The number of nitrogens with zero attached hydrogens (tertiary/aromatic N) is 2. The molecular weight excluding hydrogens is 568 g/mol. The van der Waals surface area contributed by atoms with Gasteiger partial charge in [0, 0.05) is 34.2 Å². The summed E-state index contributed by atoms with van der Waals surface area (Å²) in [6, 6.07) is 10.7. The molecule has 5 rings (SSSR count). The molecule has 0 saturated carbocycles. The Labute approximate surface area is 235 Å². The van der Waals surface area contributed by atoms with Crippen LogP contribution in [0.25, 0.3) is 22.2 Å². The first kappa shape index (κ1) is 29.1. The molecule has 1 aliphatic heterocycles. The smallest absolute Gasteiger partial charge is 0.424 e. The molecule has 13 heteroatoms. The fraction of sp³-hybridized carbons (Fsp3) is 0.276. The quantitative estimate of drug-likeness (QED) is 0.267. The van der Waals surface area contributed by atoms with Crippen molar-refractivity contribution in [3.05, 3.63) is 83.2 Å². The van der Waals surface area contributed by atoms with E-state index in [0.29, 0.717) is 10.9 Å². The van der Waals surface area contributed by atoms with Crippen LogP contribution in [0, 0.1) is 0 Å². The van der Waals surface area contributed by atoms with Gasteiger partial charge in [-0.3, -0.25) is 9.78 Å². The number of aliphatic hydroxyl groups is 1. The largest absolute Gasteiger partial charge is 0.494 e. The first-order chi connectivity index (χ1) is 19.7. The van der Waals surface area contributed by atoms with Gasteiger partial charge < -0.3 is 19.9 Å². The van der Waals surface area contributed by atoms with E-state index in [1.54, 1.807) is 19.1 Å². The van der Waals surface area contributed by atoms with Crippen molar-refractivity contribution in [1.82, 2.24) is 15.3 Å². The third kappa shape index (κ3) is 5.20. The Balaban J connectivity index is 1.53. The second-order valence-electron chi connectivity index (χ2n) is 9.86. The normalized spacial score (nSPS) is 16.5. The molecule has 220 valence electrons. The van der Waals surface area contributed by atoms with E-state index in [0.717, 1.165) is 30.3 Å². The van der Waals surface area contributed by atoms with Crippen molar-refractivity contribution in [2.24, 2.45) is 0 Å². The van der Waals surface area contributed by atoms with Crippen molar-refractivity contribution in [2.45, 2.75) is 30.8 Å². The van der Waals surface area contributed by atoms with Crippen molar-refractivity contribution < 1.29 is 45.7 Å². The van der Waals surface area contributed by atoms with Crippen molar-refractivity contribution in [3.63, 3.8) is 0 Å². The molecule has 0 radical (unpaired) electrons. The molecule has 0 aliphatic carbocycles. The van der Waals surface area contributed by atoms with Crippen LogP contribution in [0.1, 0.15) is 40.0 Å². The maximum absolute atomic E-state index is 14.5. The summed E-state index contributed by atoms with van der Waals surface area (Å²) < 4.78 is 93.7. The Bertz CT molecular complexity index is 1660. The number of amides is 1. The predicted molar refractivity (Wildman–Crippen MR) is 139 cm³/mol. The number of rotatable bonds is 6. The third-order valence-corrected chi connectivity index (χ3v) is 7.05. The monoisotopic (exact) mass is 591 g/mol. The van der Waals surface area contributed by atoms with E-state index in [2.05, 4.69) is 15.3 Å². The Hall–Kier alpha value is -4.39.